The lowest BCUT2D eigenvalue weighted by molar-refractivity contribution is 0.0251. The molecule has 1 aliphatic heterocycles. The van der Waals surface area contributed by atoms with Gasteiger partial charge in [-0.25, -0.2) is 0 Å². The number of carbonyl (C=O) groups is 1. The Balaban J connectivity index is 1.86. The number of benzene rings is 1. The maximum absolute atomic E-state index is 11.1. The van der Waals surface area contributed by atoms with E-state index in [9.17, 15) is 4.79 Å². The number of hydrogen-bond acceptors (Lipinski definition) is 4. The molecule has 5 heteroatoms. The van der Waals surface area contributed by atoms with Crippen molar-refractivity contribution in [2.45, 2.75) is 6.10 Å². The maximum atomic E-state index is 11.1. The van der Waals surface area contributed by atoms with Gasteiger partial charge in [-0.3, -0.25) is 9.78 Å². The second kappa shape index (κ2) is 6.03. The molecular weight excluding hydrogens is 266 g/mol. The lowest BCUT2D eigenvalue weighted by Crippen LogP contribution is -2.33. The van der Waals surface area contributed by atoms with Crippen LogP contribution in [0.3, 0.4) is 0 Å². The first-order valence-electron chi connectivity index (χ1n) is 6.93. The number of ether oxygens (including phenoxy) is 1. The van der Waals surface area contributed by atoms with Crippen molar-refractivity contribution in [3.63, 3.8) is 0 Å². The van der Waals surface area contributed by atoms with E-state index in [0.717, 1.165) is 30.0 Å². The average molecular weight is 283 g/mol. The molecular formula is C16H17N3O2. The molecule has 0 aliphatic carbocycles. The molecule has 3 rings (SSSR count). The van der Waals surface area contributed by atoms with E-state index in [4.69, 9.17) is 10.5 Å². The molecule has 0 saturated carbocycles. The molecule has 0 radical (unpaired) electrons. The second-order valence-corrected chi connectivity index (χ2v) is 4.95. The van der Waals surface area contributed by atoms with Crippen molar-refractivity contribution >= 4 is 5.91 Å². The molecule has 0 spiro atoms. The van der Waals surface area contributed by atoms with E-state index in [1.165, 1.54) is 0 Å². The highest BCUT2D eigenvalue weighted by atomic mass is 16.5. The summed E-state index contributed by atoms with van der Waals surface area (Å²) < 4.78 is 5.72. The monoisotopic (exact) mass is 283 g/mol. The fraction of sp³-hybridized carbons (Fsp3) is 0.250. The van der Waals surface area contributed by atoms with Gasteiger partial charge >= 0.3 is 0 Å². The van der Waals surface area contributed by atoms with Gasteiger partial charge in [0.15, 0.2) is 0 Å². The van der Waals surface area contributed by atoms with Gasteiger partial charge in [0.2, 0.25) is 5.91 Å². The van der Waals surface area contributed by atoms with Crippen molar-refractivity contribution in [1.82, 2.24) is 10.3 Å². The summed E-state index contributed by atoms with van der Waals surface area (Å²) >= 11 is 0. The van der Waals surface area contributed by atoms with Crippen molar-refractivity contribution in [2.75, 3.05) is 19.7 Å². The van der Waals surface area contributed by atoms with E-state index in [1.807, 2.05) is 30.3 Å². The first kappa shape index (κ1) is 13.7. The average Bonchev–Trinajstić information content (AvgIpc) is 2.56. The number of nitrogens with two attached hydrogens (primary N) is 1. The van der Waals surface area contributed by atoms with Gasteiger partial charge in [0.25, 0.3) is 0 Å². The zero-order chi connectivity index (χ0) is 14.7. The molecule has 2 heterocycles. The molecule has 5 nitrogen and oxygen atoms in total. The Hall–Kier alpha value is -2.24. The van der Waals surface area contributed by atoms with E-state index in [-0.39, 0.29) is 6.10 Å². The third-order valence-electron chi connectivity index (χ3n) is 3.49. The van der Waals surface area contributed by atoms with Crippen LogP contribution in [0.4, 0.5) is 0 Å². The number of aromatic nitrogens is 1. The molecule has 0 bridgehead atoms. The van der Waals surface area contributed by atoms with E-state index in [1.54, 1.807) is 12.1 Å². The summed E-state index contributed by atoms with van der Waals surface area (Å²) in [6.07, 6.45) is -0.0106. The highest BCUT2D eigenvalue weighted by Gasteiger charge is 2.17. The number of pyridine rings is 1. The van der Waals surface area contributed by atoms with Crippen LogP contribution in [0.5, 0.6) is 0 Å². The number of amides is 1. The van der Waals surface area contributed by atoms with Crippen LogP contribution in [0.25, 0.3) is 11.3 Å². The number of hydrogen-bond donors (Lipinski definition) is 2. The number of rotatable bonds is 3. The zero-order valence-corrected chi connectivity index (χ0v) is 11.6. The van der Waals surface area contributed by atoms with Gasteiger partial charge < -0.3 is 15.8 Å². The van der Waals surface area contributed by atoms with Crippen LogP contribution < -0.4 is 11.1 Å². The van der Waals surface area contributed by atoms with Crippen molar-refractivity contribution in [3.8, 4) is 11.3 Å². The SMILES string of the molecule is NC(=O)c1ccc(-c2cccc([C@H]3CNCCO3)n2)cc1. The molecule has 108 valence electrons. The van der Waals surface area contributed by atoms with Gasteiger partial charge in [0.05, 0.1) is 18.0 Å². The van der Waals surface area contributed by atoms with Crippen LogP contribution >= 0.6 is 0 Å². The molecule has 0 unspecified atom stereocenters. The molecule has 1 aromatic heterocycles. The number of carbonyl (C=O) groups excluding carboxylic acids is 1. The first-order chi connectivity index (χ1) is 10.2. The van der Waals surface area contributed by atoms with Crippen molar-refractivity contribution in [2.24, 2.45) is 5.73 Å². The lowest BCUT2D eigenvalue weighted by atomic mass is 10.1. The minimum atomic E-state index is -0.426. The molecule has 21 heavy (non-hydrogen) atoms. The van der Waals surface area contributed by atoms with E-state index >= 15 is 0 Å². The standard InChI is InChI=1S/C16H17N3O2/c17-16(20)12-6-4-11(5-7-12)13-2-1-3-14(19-13)15-10-18-8-9-21-15/h1-7,15,18H,8-10H2,(H2,17,20)/t15-/m1/s1. The summed E-state index contributed by atoms with van der Waals surface area (Å²) in [7, 11) is 0. The van der Waals surface area contributed by atoms with Gasteiger partial charge in [-0.2, -0.15) is 0 Å². The predicted molar refractivity (Wildman–Crippen MR) is 79.8 cm³/mol. The number of nitrogens with zero attached hydrogens (tertiary/aromatic N) is 1. The second-order valence-electron chi connectivity index (χ2n) is 4.95. The van der Waals surface area contributed by atoms with E-state index in [2.05, 4.69) is 10.3 Å². The van der Waals surface area contributed by atoms with Gasteiger partial charge in [-0.05, 0) is 24.3 Å². The zero-order valence-electron chi connectivity index (χ0n) is 11.6. The Kier molecular flexibility index (Phi) is 3.94. The molecule has 1 aliphatic rings. The van der Waals surface area contributed by atoms with Crippen LogP contribution in [-0.4, -0.2) is 30.6 Å². The molecule has 1 saturated heterocycles. The normalized spacial score (nSPS) is 18.4. The number of primary amides is 1. The summed E-state index contributed by atoms with van der Waals surface area (Å²) in [4.78, 5) is 15.8. The van der Waals surface area contributed by atoms with Gasteiger partial charge in [-0.1, -0.05) is 18.2 Å². The molecule has 1 atom stereocenters. The highest BCUT2D eigenvalue weighted by molar-refractivity contribution is 5.93. The third kappa shape index (κ3) is 3.09. The molecule has 1 aromatic carbocycles. The van der Waals surface area contributed by atoms with Gasteiger partial charge in [0.1, 0.15) is 6.10 Å². The van der Waals surface area contributed by atoms with Gasteiger partial charge in [0, 0.05) is 24.2 Å². The summed E-state index contributed by atoms with van der Waals surface area (Å²) in [5.74, 6) is -0.426. The summed E-state index contributed by atoms with van der Waals surface area (Å²) in [5, 5.41) is 3.30. The Bertz CT molecular complexity index is 634. The third-order valence-corrected chi connectivity index (χ3v) is 3.49. The van der Waals surface area contributed by atoms with Crippen LogP contribution in [-0.2, 0) is 4.74 Å². The Labute approximate surface area is 123 Å². The Morgan fingerprint density at radius 3 is 2.71 bits per heavy atom. The van der Waals surface area contributed by atoms with Crippen molar-refractivity contribution in [1.29, 1.82) is 0 Å². The molecule has 3 N–H and O–H groups in total. The largest absolute Gasteiger partial charge is 0.369 e. The minimum absolute atomic E-state index is 0.0106. The number of nitrogens with one attached hydrogen (secondary N) is 1. The van der Waals surface area contributed by atoms with E-state index < -0.39 is 5.91 Å². The van der Waals surface area contributed by atoms with Crippen molar-refractivity contribution < 1.29 is 9.53 Å². The Morgan fingerprint density at radius 2 is 2.05 bits per heavy atom. The van der Waals surface area contributed by atoms with Gasteiger partial charge in [-0.15, -0.1) is 0 Å². The van der Waals surface area contributed by atoms with Crippen LogP contribution in [0.2, 0.25) is 0 Å². The topological polar surface area (TPSA) is 77.2 Å². The Morgan fingerprint density at radius 1 is 1.24 bits per heavy atom. The number of morpholine rings is 1. The predicted octanol–water partition coefficient (Wildman–Crippen LogP) is 1.51. The smallest absolute Gasteiger partial charge is 0.248 e. The molecule has 1 amide bonds. The van der Waals surface area contributed by atoms with Crippen molar-refractivity contribution in [3.05, 3.63) is 53.7 Å². The van der Waals surface area contributed by atoms with Crippen LogP contribution in [0.15, 0.2) is 42.5 Å². The molecule has 1 fully saturated rings. The summed E-state index contributed by atoms with van der Waals surface area (Å²) in [6.45, 7) is 2.35. The maximum Gasteiger partial charge on any atom is 0.248 e. The fourth-order valence-corrected chi connectivity index (χ4v) is 2.35. The van der Waals surface area contributed by atoms with Crippen LogP contribution in [0, 0.1) is 0 Å². The van der Waals surface area contributed by atoms with Crippen LogP contribution in [0.1, 0.15) is 22.2 Å². The fourth-order valence-electron chi connectivity index (χ4n) is 2.35. The minimum Gasteiger partial charge on any atom is -0.369 e. The van der Waals surface area contributed by atoms with E-state index in [0.29, 0.717) is 12.2 Å². The quantitative estimate of drug-likeness (QED) is 0.895. The summed E-state index contributed by atoms with van der Waals surface area (Å²) in [5.41, 5.74) is 8.47. The lowest BCUT2D eigenvalue weighted by Gasteiger charge is -2.23. The summed E-state index contributed by atoms with van der Waals surface area (Å²) in [6, 6.07) is 13.0. The molecule has 2 aromatic rings. The highest BCUT2D eigenvalue weighted by Crippen LogP contribution is 2.22. The first-order valence-corrected chi connectivity index (χ1v) is 6.93.